The normalized spacial score (nSPS) is 10.2. The number of benzene rings is 1. The number of rotatable bonds is 6. The van der Waals surface area contributed by atoms with E-state index in [0.717, 1.165) is 0 Å². The van der Waals surface area contributed by atoms with E-state index < -0.39 is 18.6 Å². The lowest BCUT2D eigenvalue weighted by Gasteiger charge is -2.09. The molecule has 0 spiro atoms. The molecule has 0 aliphatic rings. The first kappa shape index (κ1) is 14.3. The molecule has 0 aromatic heterocycles. The minimum Gasteiger partial charge on any atom is -0.493 e. The first-order valence-corrected chi connectivity index (χ1v) is 5.14. The van der Waals surface area contributed by atoms with E-state index >= 15 is 0 Å². The molecule has 0 bridgehead atoms. The third kappa shape index (κ3) is 4.94. The fourth-order valence-electron chi connectivity index (χ4n) is 1.19. The first-order chi connectivity index (χ1) is 9.02. The van der Waals surface area contributed by atoms with Crippen molar-refractivity contribution in [2.75, 3.05) is 13.7 Å². The summed E-state index contributed by atoms with van der Waals surface area (Å²) in [6, 6.07) is 3.95. The topological polar surface area (TPSA) is 123 Å². The van der Waals surface area contributed by atoms with Crippen LogP contribution in [0.25, 0.3) is 0 Å². The Morgan fingerprint density at radius 2 is 2.21 bits per heavy atom. The summed E-state index contributed by atoms with van der Waals surface area (Å²) in [5.41, 5.74) is 7.50. The molecule has 8 heteroatoms. The minimum atomic E-state index is -1.08. The zero-order chi connectivity index (χ0) is 14.3. The number of urea groups is 1. The van der Waals surface area contributed by atoms with Crippen LogP contribution in [-0.2, 0) is 4.79 Å². The number of hydrogen-bond donors (Lipinski definition) is 3. The molecule has 0 saturated heterocycles. The second kappa shape index (κ2) is 6.84. The van der Waals surface area contributed by atoms with E-state index in [4.69, 9.17) is 20.3 Å². The molecule has 0 fully saturated rings. The second-order valence-electron chi connectivity index (χ2n) is 3.33. The van der Waals surface area contributed by atoms with Gasteiger partial charge in [0.15, 0.2) is 18.1 Å². The predicted molar refractivity (Wildman–Crippen MR) is 66.4 cm³/mol. The van der Waals surface area contributed by atoms with Gasteiger partial charge in [-0.1, -0.05) is 0 Å². The van der Waals surface area contributed by atoms with Crippen molar-refractivity contribution in [3.63, 3.8) is 0 Å². The van der Waals surface area contributed by atoms with Crippen LogP contribution in [0.5, 0.6) is 11.5 Å². The number of hydrazone groups is 1. The van der Waals surface area contributed by atoms with Crippen LogP contribution in [0.1, 0.15) is 5.56 Å². The van der Waals surface area contributed by atoms with Gasteiger partial charge in [0.25, 0.3) is 0 Å². The number of carboxylic acids is 1. The van der Waals surface area contributed by atoms with Gasteiger partial charge in [0.2, 0.25) is 0 Å². The Labute approximate surface area is 108 Å². The Kier molecular flexibility index (Phi) is 5.15. The summed E-state index contributed by atoms with van der Waals surface area (Å²) in [6.07, 6.45) is 1.36. The van der Waals surface area contributed by atoms with E-state index in [0.29, 0.717) is 17.1 Å². The number of nitrogens with zero attached hydrogens (tertiary/aromatic N) is 1. The molecular formula is C11H13N3O5. The van der Waals surface area contributed by atoms with Crippen molar-refractivity contribution in [1.82, 2.24) is 5.43 Å². The third-order valence-corrected chi connectivity index (χ3v) is 1.93. The molecule has 1 aromatic carbocycles. The van der Waals surface area contributed by atoms with Crippen molar-refractivity contribution in [2.45, 2.75) is 0 Å². The molecule has 0 aliphatic heterocycles. The number of aliphatic carboxylic acids is 1. The lowest BCUT2D eigenvalue weighted by atomic mass is 10.2. The Morgan fingerprint density at radius 3 is 2.79 bits per heavy atom. The quantitative estimate of drug-likeness (QED) is 0.500. The number of nitrogens with one attached hydrogen (secondary N) is 1. The number of nitrogens with two attached hydrogens (primary N) is 1. The van der Waals surface area contributed by atoms with Gasteiger partial charge in [0.05, 0.1) is 13.3 Å². The summed E-state index contributed by atoms with van der Waals surface area (Å²) >= 11 is 0. The van der Waals surface area contributed by atoms with Gasteiger partial charge in [-0.15, -0.1) is 0 Å². The molecule has 19 heavy (non-hydrogen) atoms. The van der Waals surface area contributed by atoms with E-state index in [1.807, 2.05) is 5.43 Å². The molecule has 1 aromatic rings. The number of carbonyl (C=O) groups excluding carboxylic acids is 1. The van der Waals surface area contributed by atoms with Gasteiger partial charge in [0, 0.05) is 0 Å². The number of carbonyl (C=O) groups is 2. The van der Waals surface area contributed by atoms with Crippen molar-refractivity contribution < 1.29 is 24.2 Å². The second-order valence-corrected chi connectivity index (χ2v) is 3.33. The van der Waals surface area contributed by atoms with Crippen LogP contribution in [-0.4, -0.2) is 37.0 Å². The summed E-state index contributed by atoms with van der Waals surface area (Å²) in [5, 5.41) is 12.1. The molecule has 0 unspecified atom stereocenters. The van der Waals surface area contributed by atoms with Gasteiger partial charge in [0.1, 0.15) is 0 Å². The third-order valence-electron chi connectivity index (χ3n) is 1.93. The lowest BCUT2D eigenvalue weighted by molar-refractivity contribution is -0.139. The SMILES string of the molecule is COc1cc(/C=N\NC(N)=O)ccc1OCC(=O)O. The predicted octanol–water partition coefficient (Wildman–Crippen LogP) is 0.161. The van der Waals surface area contributed by atoms with Crippen LogP contribution in [0.15, 0.2) is 23.3 Å². The maximum Gasteiger partial charge on any atom is 0.341 e. The van der Waals surface area contributed by atoms with Crippen molar-refractivity contribution in [3.8, 4) is 11.5 Å². The number of methoxy groups -OCH3 is 1. The van der Waals surface area contributed by atoms with Crippen LogP contribution in [0, 0.1) is 0 Å². The van der Waals surface area contributed by atoms with E-state index in [-0.39, 0.29) is 0 Å². The highest BCUT2D eigenvalue weighted by atomic mass is 16.5. The average Bonchev–Trinajstić information content (AvgIpc) is 2.36. The summed E-state index contributed by atoms with van der Waals surface area (Å²) < 4.78 is 10.1. The molecule has 0 saturated carbocycles. The number of carboxylic acid groups (broad SMARTS) is 1. The van der Waals surface area contributed by atoms with Crippen molar-refractivity contribution in [3.05, 3.63) is 23.8 Å². The van der Waals surface area contributed by atoms with Gasteiger partial charge in [-0.25, -0.2) is 15.0 Å². The molecule has 102 valence electrons. The average molecular weight is 267 g/mol. The fraction of sp³-hybridized carbons (Fsp3) is 0.182. The molecular weight excluding hydrogens is 254 g/mol. The Morgan fingerprint density at radius 1 is 1.47 bits per heavy atom. The maximum absolute atomic E-state index is 10.4. The molecule has 1 rings (SSSR count). The number of primary amides is 1. The molecule has 4 N–H and O–H groups in total. The smallest absolute Gasteiger partial charge is 0.341 e. The number of hydrogen-bond acceptors (Lipinski definition) is 5. The van der Waals surface area contributed by atoms with Crippen LogP contribution in [0.4, 0.5) is 4.79 Å². The van der Waals surface area contributed by atoms with Gasteiger partial charge in [-0.2, -0.15) is 5.10 Å². The summed E-state index contributed by atoms with van der Waals surface area (Å²) in [5.74, 6) is -0.437. The first-order valence-electron chi connectivity index (χ1n) is 5.14. The standard InChI is InChI=1S/C11H13N3O5/c1-18-9-4-7(5-13-14-11(12)17)2-3-8(9)19-6-10(15)16/h2-5H,6H2,1H3,(H,15,16)(H3,12,14,17)/b13-5-. The summed E-state index contributed by atoms with van der Waals surface area (Å²) in [7, 11) is 1.42. The Bertz CT molecular complexity index is 501. The van der Waals surface area contributed by atoms with Crippen molar-refractivity contribution >= 4 is 18.2 Å². The zero-order valence-corrected chi connectivity index (χ0v) is 10.1. The van der Waals surface area contributed by atoms with Crippen LogP contribution in [0.3, 0.4) is 0 Å². The van der Waals surface area contributed by atoms with Gasteiger partial charge < -0.3 is 20.3 Å². The molecule has 2 amide bonds. The van der Waals surface area contributed by atoms with E-state index in [1.54, 1.807) is 12.1 Å². The Balaban J connectivity index is 2.80. The zero-order valence-electron chi connectivity index (χ0n) is 10.1. The molecule has 8 nitrogen and oxygen atoms in total. The molecule has 0 heterocycles. The highest BCUT2D eigenvalue weighted by Gasteiger charge is 2.07. The van der Waals surface area contributed by atoms with Crippen molar-refractivity contribution in [2.24, 2.45) is 10.8 Å². The number of amides is 2. The van der Waals surface area contributed by atoms with E-state index in [1.165, 1.54) is 19.4 Å². The number of ether oxygens (including phenoxy) is 2. The largest absolute Gasteiger partial charge is 0.493 e. The fourth-order valence-corrected chi connectivity index (χ4v) is 1.19. The van der Waals surface area contributed by atoms with Crippen LogP contribution in [0.2, 0.25) is 0 Å². The molecule has 0 radical (unpaired) electrons. The van der Waals surface area contributed by atoms with Gasteiger partial charge >= 0.3 is 12.0 Å². The molecule has 0 atom stereocenters. The highest BCUT2D eigenvalue weighted by Crippen LogP contribution is 2.27. The van der Waals surface area contributed by atoms with E-state index in [2.05, 4.69) is 5.10 Å². The Hall–Kier alpha value is -2.77. The summed E-state index contributed by atoms with van der Waals surface area (Å²) in [6.45, 7) is -0.465. The van der Waals surface area contributed by atoms with Gasteiger partial charge in [-0.05, 0) is 23.8 Å². The maximum atomic E-state index is 10.4. The van der Waals surface area contributed by atoms with Crippen LogP contribution >= 0.6 is 0 Å². The van der Waals surface area contributed by atoms with E-state index in [9.17, 15) is 9.59 Å². The van der Waals surface area contributed by atoms with Crippen LogP contribution < -0.4 is 20.6 Å². The molecule has 0 aliphatic carbocycles. The van der Waals surface area contributed by atoms with Gasteiger partial charge in [-0.3, -0.25) is 0 Å². The minimum absolute atomic E-state index is 0.296. The highest BCUT2D eigenvalue weighted by molar-refractivity contribution is 5.82. The monoisotopic (exact) mass is 267 g/mol. The summed E-state index contributed by atoms with van der Waals surface area (Å²) in [4.78, 5) is 20.8. The lowest BCUT2D eigenvalue weighted by Crippen LogP contribution is -2.24. The van der Waals surface area contributed by atoms with Crippen molar-refractivity contribution in [1.29, 1.82) is 0 Å².